The molecule has 4 nitrogen and oxygen atoms in total. The molecule has 0 radical (unpaired) electrons. The summed E-state index contributed by atoms with van der Waals surface area (Å²) < 4.78 is 1.98. The third kappa shape index (κ3) is 3.81. The smallest absolute Gasteiger partial charge is 0.167 e. The molecule has 1 heterocycles. The first-order valence-electron chi connectivity index (χ1n) is 5.45. The van der Waals surface area contributed by atoms with E-state index in [1.54, 1.807) is 18.0 Å². The van der Waals surface area contributed by atoms with Crippen LogP contribution in [0.5, 0.6) is 0 Å². The molecule has 1 unspecified atom stereocenters. The number of aromatic nitrogens is 2. The summed E-state index contributed by atoms with van der Waals surface area (Å²) in [5.41, 5.74) is -0.259. The third-order valence-electron chi connectivity index (χ3n) is 2.28. The summed E-state index contributed by atoms with van der Waals surface area (Å²) in [6, 6.07) is 0.360. The van der Waals surface area contributed by atoms with E-state index in [1.165, 1.54) is 0 Å². The van der Waals surface area contributed by atoms with Crippen LogP contribution in [0.3, 0.4) is 0 Å². The highest BCUT2D eigenvalue weighted by atomic mass is 32.2. The Morgan fingerprint density at radius 1 is 1.62 bits per heavy atom. The van der Waals surface area contributed by atoms with Gasteiger partial charge >= 0.3 is 0 Å². The van der Waals surface area contributed by atoms with Gasteiger partial charge in [-0.25, -0.2) is 4.98 Å². The van der Waals surface area contributed by atoms with E-state index in [0.29, 0.717) is 6.04 Å². The van der Waals surface area contributed by atoms with Crippen molar-refractivity contribution in [1.29, 1.82) is 0 Å². The van der Waals surface area contributed by atoms with Gasteiger partial charge in [0.1, 0.15) is 0 Å². The van der Waals surface area contributed by atoms with Crippen molar-refractivity contribution in [3.63, 3.8) is 0 Å². The standard InChI is InChI=1S/C11H21N3OS/c1-9(2)13-11(3,7-15)8-16-10-12-5-6-14(10)4/h5-6,9,13,15H,7-8H2,1-4H3. The molecule has 92 valence electrons. The molecule has 0 aliphatic heterocycles. The molecule has 0 aliphatic rings. The zero-order chi connectivity index (χ0) is 12.2. The van der Waals surface area contributed by atoms with Crippen molar-refractivity contribution in [2.24, 2.45) is 7.05 Å². The molecule has 0 bridgehead atoms. The van der Waals surface area contributed by atoms with E-state index >= 15 is 0 Å². The summed E-state index contributed by atoms with van der Waals surface area (Å²) in [5, 5.41) is 13.8. The largest absolute Gasteiger partial charge is 0.394 e. The second-order valence-electron chi connectivity index (χ2n) is 4.63. The van der Waals surface area contributed by atoms with Crippen LogP contribution in [-0.4, -0.2) is 38.6 Å². The van der Waals surface area contributed by atoms with Crippen LogP contribution in [0.1, 0.15) is 20.8 Å². The van der Waals surface area contributed by atoms with Gasteiger partial charge < -0.3 is 15.0 Å². The minimum atomic E-state index is -0.259. The molecule has 1 aromatic rings. The normalized spacial score (nSPS) is 15.4. The van der Waals surface area contributed by atoms with Crippen LogP contribution in [0.2, 0.25) is 0 Å². The Morgan fingerprint density at radius 2 is 2.31 bits per heavy atom. The fourth-order valence-electron chi connectivity index (χ4n) is 1.54. The van der Waals surface area contributed by atoms with E-state index in [9.17, 15) is 5.11 Å². The first-order valence-corrected chi connectivity index (χ1v) is 6.44. The summed E-state index contributed by atoms with van der Waals surface area (Å²) in [6.07, 6.45) is 3.71. The van der Waals surface area contributed by atoms with Crippen LogP contribution in [0, 0.1) is 0 Å². The number of aliphatic hydroxyl groups excluding tert-OH is 1. The second-order valence-corrected chi connectivity index (χ2v) is 5.57. The predicted molar refractivity (Wildman–Crippen MR) is 67.7 cm³/mol. The lowest BCUT2D eigenvalue weighted by Crippen LogP contribution is -2.51. The van der Waals surface area contributed by atoms with Crippen LogP contribution in [-0.2, 0) is 7.05 Å². The Morgan fingerprint density at radius 3 is 2.75 bits per heavy atom. The van der Waals surface area contributed by atoms with Gasteiger partial charge in [-0.15, -0.1) is 0 Å². The highest BCUT2D eigenvalue weighted by Crippen LogP contribution is 2.20. The molecule has 5 heteroatoms. The Labute approximate surface area is 101 Å². The van der Waals surface area contributed by atoms with Crippen LogP contribution in [0.25, 0.3) is 0 Å². The molecular formula is C11H21N3OS. The maximum Gasteiger partial charge on any atom is 0.167 e. The molecule has 1 aromatic heterocycles. The molecule has 0 saturated carbocycles. The van der Waals surface area contributed by atoms with Gasteiger partial charge in [0.25, 0.3) is 0 Å². The van der Waals surface area contributed by atoms with Crippen molar-refractivity contribution >= 4 is 11.8 Å². The van der Waals surface area contributed by atoms with Gasteiger partial charge in [0.05, 0.1) is 6.61 Å². The predicted octanol–water partition coefficient (Wildman–Crippen LogP) is 1.26. The Kier molecular flexibility index (Phi) is 4.83. The van der Waals surface area contributed by atoms with Crippen molar-refractivity contribution in [3.8, 4) is 0 Å². The van der Waals surface area contributed by atoms with Gasteiger partial charge in [-0.05, 0) is 6.92 Å². The molecule has 0 aromatic carbocycles. The van der Waals surface area contributed by atoms with Crippen LogP contribution in [0.15, 0.2) is 17.6 Å². The molecule has 0 fully saturated rings. The number of nitrogens with one attached hydrogen (secondary N) is 1. The fraction of sp³-hybridized carbons (Fsp3) is 0.727. The molecule has 16 heavy (non-hydrogen) atoms. The van der Waals surface area contributed by atoms with Gasteiger partial charge in [-0.1, -0.05) is 25.6 Å². The lowest BCUT2D eigenvalue weighted by atomic mass is 10.1. The van der Waals surface area contributed by atoms with Crippen molar-refractivity contribution in [1.82, 2.24) is 14.9 Å². The van der Waals surface area contributed by atoms with Crippen molar-refractivity contribution in [2.75, 3.05) is 12.4 Å². The SMILES string of the molecule is CC(C)NC(C)(CO)CSc1nccn1C. The average molecular weight is 243 g/mol. The number of hydrogen-bond donors (Lipinski definition) is 2. The van der Waals surface area contributed by atoms with E-state index in [2.05, 4.69) is 24.1 Å². The van der Waals surface area contributed by atoms with Crippen LogP contribution in [0.4, 0.5) is 0 Å². The summed E-state index contributed by atoms with van der Waals surface area (Å²) in [4.78, 5) is 4.25. The minimum Gasteiger partial charge on any atom is -0.394 e. The Hall–Kier alpha value is -0.520. The van der Waals surface area contributed by atoms with Gasteiger partial charge in [0.2, 0.25) is 0 Å². The first kappa shape index (κ1) is 13.5. The first-order chi connectivity index (χ1) is 7.47. The zero-order valence-corrected chi connectivity index (χ0v) is 11.2. The molecule has 0 amide bonds. The highest BCUT2D eigenvalue weighted by molar-refractivity contribution is 7.99. The monoisotopic (exact) mass is 243 g/mol. The average Bonchev–Trinajstić information content (AvgIpc) is 2.60. The number of nitrogens with zero attached hydrogens (tertiary/aromatic N) is 2. The number of rotatable bonds is 6. The molecule has 0 saturated heterocycles. The molecule has 1 atom stereocenters. The number of imidazole rings is 1. The number of aryl methyl sites for hydroxylation is 1. The molecule has 2 N–H and O–H groups in total. The number of hydrogen-bond acceptors (Lipinski definition) is 4. The van der Waals surface area contributed by atoms with Gasteiger partial charge in [-0.3, -0.25) is 0 Å². The molecule has 0 aliphatic carbocycles. The molecule has 1 rings (SSSR count). The number of aliphatic hydroxyl groups is 1. The maximum absolute atomic E-state index is 9.43. The topological polar surface area (TPSA) is 50.1 Å². The highest BCUT2D eigenvalue weighted by Gasteiger charge is 2.24. The minimum absolute atomic E-state index is 0.128. The Balaban J connectivity index is 2.54. The van der Waals surface area contributed by atoms with Gasteiger partial charge in [0.15, 0.2) is 5.16 Å². The van der Waals surface area contributed by atoms with E-state index in [4.69, 9.17) is 0 Å². The van der Waals surface area contributed by atoms with Crippen molar-refractivity contribution in [3.05, 3.63) is 12.4 Å². The molecule has 0 spiro atoms. The second kappa shape index (κ2) is 5.70. The number of thioether (sulfide) groups is 1. The zero-order valence-electron chi connectivity index (χ0n) is 10.4. The maximum atomic E-state index is 9.43. The van der Waals surface area contributed by atoms with Crippen LogP contribution < -0.4 is 5.32 Å². The lowest BCUT2D eigenvalue weighted by Gasteiger charge is -2.30. The Bertz CT molecular complexity index is 327. The van der Waals surface area contributed by atoms with Gasteiger partial charge in [-0.2, -0.15) is 0 Å². The quantitative estimate of drug-likeness (QED) is 0.739. The van der Waals surface area contributed by atoms with E-state index in [-0.39, 0.29) is 12.1 Å². The van der Waals surface area contributed by atoms with E-state index in [0.717, 1.165) is 10.9 Å². The van der Waals surface area contributed by atoms with Crippen molar-refractivity contribution in [2.45, 2.75) is 37.5 Å². The van der Waals surface area contributed by atoms with Gasteiger partial charge in [0, 0.05) is 36.8 Å². The summed E-state index contributed by atoms with van der Waals surface area (Å²) >= 11 is 1.66. The summed E-state index contributed by atoms with van der Waals surface area (Å²) in [6.45, 7) is 6.32. The third-order valence-corrected chi connectivity index (χ3v) is 3.72. The fourth-order valence-corrected chi connectivity index (χ4v) is 2.57. The van der Waals surface area contributed by atoms with E-state index in [1.807, 2.05) is 24.7 Å². The van der Waals surface area contributed by atoms with Crippen LogP contribution >= 0.6 is 11.8 Å². The summed E-state index contributed by atoms with van der Waals surface area (Å²) in [7, 11) is 1.97. The lowest BCUT2D eigenvalue weighted by molar-refractivity contribution is 0.183. The van der Waals surface area contributed by atoms with Crippen molar-refractivity contribution < 1.29 is 5.11 Å². The van der Waals surface area contributed by atoms with E-state index < -0.39 is 0 Å². The molecular weight excluding hydrogens is 222 g/mol. The summed E-state index contributed by atoms with van der Waals surface area (Å²) in [5.74, 6) is 0.798.